The van der Waals surface area contributed by atoms with Crippen molar-refractivity contribution < 1.29 is 0 Å². The molecular formula is C20H24Si2. The van der Waals surface area contributed by atoms with E-state index in [0.29, 0.717) is 0 Å². The lowest BCUT2D eigenvalue weighted by Gasteiger charge is -2.36. The van der Waals surface area contributed by atoms with Crippen LogP contribution in [-0.2, 0) is 0 Å². The van der Waals surface area contributed by atoms with E-state index in [0.717, 1.165) is 0 Å². The molecule has 0 radical (unpaired) electrons. The first-order valence-corrected chi connectivity index (χ1v) is 14.1. The summed E-state index contributed by atoms with van der Waals surface area (Å²) in [6.07, 6.45) is 0. The Kier molecular flexibility index (Phi) is 3.83. The van der Waals surface area contributed by atoms with Crippen LogP contribution in [0, 0.1) is 0 Å². The average Bonchev–Trinajstić information content (AvgIpc) is 2.51. The molecule has 2 aromatic rings. The summed E-state index contributed by atoms with van der Waals surface area (Å²) in [5.41, 5.74) is 8.14. The van der Waals surface area contributed by atoms with Crippen molar-refractivity contribution in [3.8, 4) is 0 Å². The van der Waals surface area contributed by atoms with E-state index in [-0.39, 0.29) is 0 Å². The Morgan fingerprint density at radius 3 is 1.14 bits per heavy atom. The molecule has 0 fully saturated rings. The molecule has 22 heavy (non-hydrogen) atoms. The second-order valence-electron chi connectivity index (χ2n) is 7.29. The maximum atomic E-state index is 2.65. The standard InChI is InChI=1S/C20H24Si2/c1-21(2)15-20(18-13-9-6-10-14-18)22(3,4)16-19(21)17-11-7-5-8-12-17/h5-16H,1-4H3. The third-order valence-corrected chi connectivity index (χ3v) is 10.8. The minimum atomic E-state index is -1.56. The van der Waals surface area contributed by atoms with E-state index < -0.39 is 16.1 Å². The Labute approximate surface area is 136 Å². The van der Waals surface area contributed by atoms with Gasteiger partial charge in [0, 0.05) is 0 Å². The van der Waals surface area contributed by atoms with Crippen molar-refractivity contribution in [2.75, 3.05) is 0 Å². The molecule has 3 rings (SSSR count). The van der Waals surface area contributed by atoms with Crippen molar-refractivity contribution in [3.63, 3.8) is 0 Å². The Hall–Kier alpha value is -1.65. The summed E-state index contributed by atoms with van der Waals surface area (Å²) in [6.45, 7) is 9.88. The monoisotopic (exact) mass is 320 g/mol. The number of benzene rings is 2. The molecular weight excluding hydrogens is 296 g/mol. The lowest BCUT2D eigenvalue weighted by molar-refractivity contribution is 1.59. The molecule has 1 aliphatic rings. The van der Waals surface area contributed by atoms with E-state index in [1.54, 1.807) is 10.4 Å². The van der Waals surface area contributed by atoms with Crippen molar-refractivity contribution in [2.45, 2.75) is 26.2 Å². The van der Waals surface area contributed by atoms with Crippen LogP contribution in [0.3, 0.4) is 0 Å². The molecule has 0 nitrogen and oxygen atoms in total. The first-order valence-electron chi connectivity index (χ1n) is 7.98. The molecule has 0 atom stereocenters. The van der Waals surface area contributed by atoms with Crippen molar-refractivity contribution in [1.82, 2.24) is 0 Å². The summed E-state index contributed by atoms with van der Waals surface area (Å²) in [7, 11) is -3.12. The highest BCUT2D eigenvalue weighted by atomic mass is 28.3. The zero-order chi connectivity index (χ0) is 15.8. The van der Waals surface area contributed by atoms with Crippen molar-refractivity contribution in [1.29, 1.82) is 0 Å². The summed E-state index contributed by atoms with van der Waals surface area (Å²) in [4.78, 5) is 0. The average molecular weight is 321 g/mol. The molecule has 2 aromatic carbocycles. The van der Waals surface area contributed by atoms with E-state index in [1.807, 2.05) is 0 Å². The quantitative estimate of drug-likeness (QED) is 0.619. The Balaban J connectivity index is 2.11. The van der Waals surface area contributed by atoms with Crippen LogP contribution in [-0.4, -0.2) is 16.1 Å². The van der Waals surface area contributed by atoms with Gasteiger partial charge in [-0.05, 0) is 11.1 Å². The maximum Gasteiger partial charge on any atom is 0.103 e. The third-order valence-electron chi connectivity index (χ3n) is 4.57. The Morgan fingerprint density at radius 2 is 0.818 bits per heavy atom. The van der Waals surface area contributed by atoms with Gasteiger partial charge in [0.15, 0.2) is 0 Å². The zero-order valence-electron chi connectivity index (χ0n) is 13.9. The molecule has 1 heterocycles. The van der Waals surface area contributed by atoms with Crippen LogP contribution in [0.15, 0.2) is 72.1 Å². The second-order valence-corrected chi connectivity index (χ2v) is 15.8. The number of rotatable bonds is 2. The molecule has 0 unspecified atom stereocenters. The van der Waals surface area contributed by atoms with Gasteiger partial charge in [-0.1, -0.05) is 109 Å². The molecule has 0 amide bonds. The van der Waals surface area contributed by atoms with Crippen molar-refractivity contribution >= 4 is 26.5 Å². The Morgan fingerprint density at radius 1 is 0.500 bits per heavy atom. The third kappa shape index (κ3) is 2.81. The van der Waals surface area contributed by atoms with E-state index in [4.69, 9.17) is 0 Å². The Bertz CT molecular complexity index is 657. The van der Waals surface area contributed by atoms with E-state index in [1.165, 1.54) is 11.1 Å². The lowest BCUT2D eigenvalue weighted by Crippen LogP contribution is -2.39. The number of hydrogen-bond acceptors (Lipinski definition) is 0. The lowest BCUT2D eigenvalue weighted by atomic mass is 10.2. The van der Waals surface area contributed by atoms with Crippen LogP contribution >= 0.6 is 0 Å². The van der Waals surface area contributed by atoms with Gasteiger partial charge in [-0.3, -0.25) is 0 Å². The van der Waals surface area contributed by atoms with Crippen LogP contribution in [0.25, 0.3) is 10.4 Å². The molecule has 0 spiro atoms. The van der Waals surface area contributed by atoms with Gasteiger partial charge in [-0.25, -0.2) is 0 Å². The fourth-order valence-corrected chi connectivity index (χ4v) is 12.4. The summed E-state index contributed by atoms with van der Waals surface area (Å²) < 4.78 is 0. The van der Waals surface area contributed by atoms with E-state index in [2.05, 4.69) is 98.3 Å². The summed E-state index contributed by atoms with van der Waals surface area (Å²) >= 11 is 0. The molecule has 112 valence electrons. The predicted molar refractivity (Wildman–Crippen MR) is 104 cm³/mol. The fraction of sp³-hybridized carbons (Fsp3) is 0.200. The fourth-order valence-electron chi connectivity index (χ4n) is 3.40. The first kappa shape index (κ1) is 15.3. The van der Waals surface area contributed by atoms with Gasteiger partial charge in [0.25, 0.3) is 0 Å². The van der Waals surface area contributed by atoms with Gasteiger partial charge >= 0.3 is 0 Å². The highest BCUT2D eigenvalue weighted by Crippen LogP contribution is 2.40. The summed E-state index contributed by atoms with van der Waals surface area (Å²) in [5.74, 6) is 0. The topological polar surface area (TPSA) is 0 Å². The number of hydrogen-bond donors (Lipinski definition) is 0. The van der Waals surface area contributed by atoms with Crippen molar-refractivity contribution in [2.24, 2.45) is 0 Å². The molecule has 1 aliphatic heterocycles. The molecule has 0 bridgehead atoms. The van der Waals surface area contributed by atoms with Crippen LogP contribution in [0.5, 0.6) is 0 Å². The first-order chi connectivity index (χ1) is 10.4. The maximum absolute atomic E-state index is 2.65. The van der Waals surface area contributed by atoms with Crippen molar-refractivity contribution in [3.05, 3.63) is 83.2 Å². The molecule has 0 aliphatic carbocycles. The van der Waals surface area contributed by atoms with Gasteiger partial charge < -0.3 is 0 Å². The molecule has 2 heteroatoms. The van der Waals surface area contributed by atoms with Crippen LogP contribution < -0.4 is 0 Å². The van der Waals surface area contributed by atoms with Gasteiger partial charge in [-0.15, -0.1) is 0 Å². The normalized spacial score (nSPS) is 19.3. The largest absolute Gasteiger partial charge is 0.103 e. The van der Waals surface area contributed by atoms with Crippen LogP contribution in [0.4, 0.5) is 0 Å². The SMILES string of the molecule is C[Si]1(C)C=C(c2ccccc2)[Si](C)(C)C=C1c1ccccc1. The van der Waals surface area contributed by atoms with E-state index >= 15 is 0 Å². The van der Waals surface area contributed by atoms with Gasteiger partial charge in [-0.2, -0.15) is 0 Å². The highest BCUT2D eigenvalue weighted by molar-refractivity contribution is 7.10. The summed E-state index contributed by atoms with van der Waals surface area (Å²) in [5, 5.41) is 3.23. The molecule has 0 N–H and O–H groups in total. The van der Waals surface area contributed by atoms with E-state index in [9.17, 15) is 0 Å². The molecule has 0 aromatic heterocycles. The highest BCUT2D eigenvalue weighted by Gasteiger charge is 2.37. The minimum absolute atomic E-state index is 1.42. The zero-order valence-corrected chi connectivity index (χ0v) is 15.9. The van der Waals surface area contributed by atoms with Gasteiger partial charge in [0.1, 0.15) is 16.1 Å². The molecule has 0 saturated heterocycles. The summed E-state index contributed by atoms with van der Waals surface area (Å²) in [6, 6.07) is 21.9. The smallest absolute Gasteiger partial charge is 0.0900 e. The minimum Gasteiger partial charge on any atom is -0.0900 e. The van der Waals surface area contributed by atoms with Gasteiger partial charge in [0.05, 0.1) is 0 Å². The second kappa shape index (κ2) is 5.52. The van der Waals surface area contributed by atoms with Gasteiger partial charge in [0.2, 0.25) is 0 Å². The van der Waals surface area contributed by atoms with Crippen LogP contribution in [0.2, 0.25) is 26.2 Å². The predicted octanol–water partition coefficient (Wildman–Crippen LogP) is 5.74. The van der Waals surface area contributed by atoms with Crippen LogP contribution in [0.1, 0.15) is 11.1 Å². The molecule has 0 saturated carbocycles.